The third-order valence-corrected chi connectivity index (χ3v) is 2.54. The molecular weight excluding hydrogens is 256 g/mol. The first kappa shape index (κ1) is 12.3. The minimum absolute atomic E-state index is 0.179. The van der Waals surface area contributed by atoms with Gasteiger partial charge in [-0.15, -0.1) is 0 Å². The van der Waals surface area contributed by atoms with Crippen LogP contribution in [0.25, 0.3) is 0 Å². The van der Waals surface area contributed by atoms with E-state index in [2.05, 4.69) is 20.4 Å². The molecule has 3 N–H and O–H groups in total. The molecule has 18 heavy (non-hydrogen) atoms. The first-order valence-corrected chi connectivity index (χ1v) is 5.49. The monoisotopic (exact) mass is 266 g/mol. The van der Waals surface area contributed by atoms with E-state index in [0.717, 1.165) is 0 Å². The van der Waals surface area contributed by atoms with Crippen LogP contribution in [0.2, 0.25) is 5.15 Å². The normalized spacial score (nSPS) is 10.3. The highest BCUT2D eigenvalue weighted by Crippen LogP contribution is 2.08. The molecule has 2 rings (SSSR count). The summed E-state index contributed by atoms with van der Waals surface area (Å²) in [5, 5.41) is 6.97. The molecule has 0 radical (unpaired) electrons. The lowest BCUT2D eigenvalue weighted by Crippen LogP contribution is -2.24. The highest BCUT2D eigenvalue weighted by molar-refractivity contribution is 6.29. The van der Waals surface area contributed by atoms with Crippen molar-refractivity contribution in [2.45, 2.75) is 6.54 Å². The number of nitrogens with zero attached hydrogens (tertiary/aromatic N) is 4. The van der Waals surface area contributed by atoms with Crippen LogP contribution in [0.4, 0.5) is 5.82 Å². The fraction of sp³-hybridized carbons (Fsp3) is 0.200. The van der Waals surface area contributed by atoms with Gasteiger partial charge >= 0.3 is 0 Å². The summed E-state index contributed by atoms with van der Waals surface area (Å²) in [5.41, 5.74) is 5.74. The molecule has 0 unspecified atom stereocenters. The van der Waals surface area contributed by atoms with Gasteiger partial charge in [-0.1, -0.05) is 11.6 Å². The van der Waals surface area contributed by atoms with Crippen molar-refractivity contribution in [2.75, 3.05) is 5.73 Å². The summed E-state index contributed by atoms with van der Waals surface area (Å²) >= 11 is 5.79. The Balaban J connectivity index is 2.00. The molecule has 7 nitrogen and oxygen atoms in total. The lowest BCUT2D eigenvalue weighted by Gasteiger charge is -2.02. The Labute approximate surface area is 108 Å². The van der Waals surface area contributed by atoms with Gasteiger partial charge in [-0.3, -0.25) is 9.48 Å². The maximum atomic E-state index is 11.7. The largest absolute Gasteiger partial charge is 0.384 e. The van der Waals surface area contributed by atoms with Gasteiger partial charge in [0.05, 0.1) is 6.54 Å². The van der Waals surface area contributed by atoms with Crippen molar-refractivity contribution in [3.05, 3.63) is 35.0 Å². The number of nitrogens with two attached hydrogens (primary N) is 1. The summed E-state index contributed by atoms with van der Waals surface area (Å²) in [7, 11) is 1.65. The van der Waals surface area contributed by atoms with Crippen LogP contribution in [0.3, 0.4) is 0 Å². The average molecular weight is 267 g/mol. The van der Waals surface area contributed by atoms with Gasteiger partial charge < -0.3 is 11.1 Å². The Morgan fingerprint density at radius 3 is 3.00 bits per heavy atom. The lowest BCUT2D eigenvalue weighted by atomic mass is 10.4. The van der Waals surface area contributed by atoms with Gasteiger partial charge in [0, 0.05) is 19.3 Å². The van der Waals surface area contributed by atoms with Gasteiger partial charge in [0.25, 0.3) is 5.91 Å². The Kier molecular flexibility index (Phi) is 3.42. The molecule has 0 spiro atoms. The Morgan fingerprint density at radius 2 is 2.39 bits per heavy atom. The van der Waals surface area contributed by atoms with Crippen LogP contribution in [0.15, 0.2) is 18.3 Å². The number of nitrogens with one attached hydrogen (secondary N) is 1. The molecule has 0 aromatic carbocycles. The second-order valence-corrected chi connectivity index (χ2v) is 3.94. The maximum absolute atomic E-state index is 11.7. The summed E-state index contributed by atoms with van der Waals surface area (Å²) < 4.78 is 1.41. The number of rotatable bonds is 3. The molecule has 0 bridgehead atoms. The number of aromatic nitrogens is 4. The topological polar surface area (TPSA) is 98.7 Å². The second-order valence-electron chi connectivity index (χ2n) is 3.56. The second kappa shape index (κ2) is 5.01. The van der Waals surface area contributed by atoms with Crippen molar-refractivity contribution >= 4 is 23.3 Å². The lowest BCUT2D eigenvalue weighted by molar-refractivity contribution is 0.0944. The number of carbonyl (C=O) groups excluding carboxylic acids is 1. The van der Waals surface area contributed by atoms with E-state index < -0.39 is 0 Å². The minimum atomic E-state index is -0.344. The van der Waals surface area contributed by atoms with Crippen molar-refractivity contribution in [3.8, 4) is 0 Å². The zero-order valence-electron chi connectivity index (χ0n) is 9.59. The molecule has 2 aromatic heterocycles. The predicted octanol–water partition coefficient (Wildman–Crippen LogP) is 0.376. The van der Waals surface area contributed by atoms with Crippen LogP contribution in [0, 0.1) is 0 Å². The summed E-state index contributed by atoms with van der Waals surface area (Å²) in [6, 6.07) is 3.06. The molecule has 8 heteroatoms. The standard InChI is InChI=1S/C10H11ClN6O/c1-17-7(11)4-6(16-17)10(18)14-5-9-13-3-2-8(12)15-9/h2-4H,5H2,1H3,(H,14,18)(H2,12,13,15). The summed E-state index contributed by atoms with van der Waals surface area (Å²) in [5.74, 6) is 0.448. The Bertz CT molecular complexity index is 562. The number of halogens is 1. The number of hydrogen-bond donors (Lipinski definition) is 2. The highest BCUT2D eigenvalue weighted by Gasteiger charge is 2.11. The fourth-order valence-electron chi connectivity index (χ4n) is 1.31. The van der Waals surface area contributed by atoms with Crippen molar-refractivity contribution in [2.24, 2.45) is 7.05 Å². The van der Waals surface area contributed by atoms with Crippen LogP contribution in [-0.2, 0) is 13.6 Å². The van der Waals surface area contributed by atoms with Gasteiger partial charge in [-0.05, 0) is 6.07 Å². The van der Waals surface area contributed by atoms with Gasteiger partial charge in [0.1, 0.15) is 16.8 Å². The number of aryl methyl sites for hydroxylation is 1. The van der Waals surface area contributed by atoms with Crippen LogP contribution >= 0.6 is 11.6 Å². The van der Waals surface area contributed by atoms with E-state index in [1.807, 2.05) is 0 Å². The van der Waals surface area contributed by atoms with Crippen LogP contribution in [0.1, 0.15) is 16.3 Å². The molecule has 0 aliphatic heterocycles. The van der Waals surface area contributed by atoms with E-state index in [-0.39, 0.29) is 18.1 Å². The number of anilines is 1. The van der Waals surface area contributed by atoms with Crippen LogP contribution in [-0.4, -0.2) is 25.7 Å². The van der Waals surface area contributed by atoms with E-state index in [0.29, 0.717) is 16.8 Å². The van der Waals surface area contributed by atoms with Crippen molar-refractivity contribution < 1.29 is 4.79 Å². The van der Waals surface area contributed by atoms with E-state index in [1.54, 1.807) is 13.1 Å². The summed E-state index contributed by atoms with van der Waals surface area (Å²) in [6.07, 6.45) is 1.53. The zero-order chi connectivity index (χ0) is 13.1. The molecule has 0 fully saturated rings. The molecular formula is C10H11ClN6O. The van der Waals surface area contributed by atoms with Crippen LogP contribution in [0.5, 0.6) is 0 Å². The number of amides is 1. The summed E-state index contributed by atoms with van der Waals surface area (Å²) in [6.45, 7) is 0.179. The molecule has 0 saturated heterocycles. The maximum Gasteiger partial charge on any atom is 0.272 e. The molecule has 0 saturated carbocycles. The van der Waals surface area contributed by atoms with Crippen molar-refractivity contribution in [1.82, 2.24) is 25.1 Å². The Hall–Kier alpha value is -2.15. The van der Waals surface area contributed by atoms with Gasteiger partial charge in [-0.2, -0.15) is 5.10 Å². The molecule has 2 heterocycles. The van der Waals surface area contributed by atoms with Crippen molar-refractivity contribution in [3.63, 3.8) is 0 Å². The van der Waals surface area contributed by atoms with Gasteiger partial charge in [0.15, 0.2) is 5.69 Å². The number of hydrogen-bond acceptors (Lipinski definition) is 5. The van der Waals surface area contributed by atoms with E-state index in [1.165, 1.54) is 16.9 Å². The fourth-order valence-corrected chi connectivity index (χ4v) is 1.45. The third-order valence-electron chi connectivity index (χ3n) is 2.19. The molecule has 0 aliphatic carbocycles. The Morgan fingerprint density at radius 1 is 1.61 bits per heavy atom. The molecule has 94 valence electrons. The number of nitrogen functional groups attached to an aromatic ring is 1. The first-order valence-electron chi connectivity index (χ1n) is 5.11. The smallest absolute Gasteiger partial charge is 0.272 e. The molecule has 2 aromatic rings. The zero-order valence-corrected chi connectivity index (χ0v) is 10.3. The minimum Gasteiger partial charge on any atom is -0.384 e. The predicted molar refractivity (Wildman–Crippen MR) is 65.8 cm³/mol. The van der Waals surface area contributed by atoms with Gasteiger partial charge in [0.2, 0.25) is 0 Å². The first-order chi connectivity index (χ1) is 8.56. The SMILES string of the molecule is Cn1nc(C(=O)NCc2nccc(N)n2)cc1Cl. The van der Waals surface area contributed by atoms with E-state index >= 15 is 0 Å². The van der Waals surface area contributed by atoms with Crippen LogP contribution < -0.4 is 11.1 Å². The molecule has 0 atom stereocenters. The molecule has 0 aliphatic rings. The number of carbonyl (C=O) groups is 1. The van der Waals surface area contributed by atoms with Gasteiger partial charge in [-0.25, -0.2) is 9.97 Å². The van der Waals surface area contributed by atoms with E-state index in [4.69, 9.17) is 17.3 Å². The van der Waals surface area contributed by atoms with Crippen molar-refractivity contribution in [1.29, 1.82) is 0 Å². The molecule has 1 amide bonds. The average Bonchev–Trinajstić information content (AvgIpc) is 2.67. The van der Waals surface area contributed by atoms with E-state index in [9.17, 15) is 4.79 Å². The highest BCUT2D eigenvalue weighted by atomic mass is 35.5. The summed E-state index contributed by atoms with van der Waals surface area (Å²) in [4.78, 5) is 19.7. The quantitative estimate of drug-likeness (QED) is 0.837. The third kappa shape index (κ3) is 2.75.